The van der Waals surface area contributed by atoms with Crippen LogP contribution in [0.5, 0.6) is 0 Å². The maximum atomic E-state index is 13.3. The average molecular weight is 998 g/mol. The first-order valence-corrected chi connectivity index (χ1v) is 28.4. The van der Waals surface area contributed by atoms with E-state index >= 15 is 0 Å². The highest BCUT2D eigenvalue weighted by Crippen LogP contribution is 2.26. The molecule has 408 valence electrons. The second kappa shape index (κ2) is 47.8. The highest BCUT2D eigenvalue weighted by molar-refractivity contribution is 5.80. The topological polar surface area (TPSA) is 175 Å². The largest absolute Gasteiger partial charge is 0.454 e. The molecule has 0 aromatic carbocycles. The molecule has 1 rings (SSSR count). The Bertz CT molecular complexity index is 1470. The van der Waals surface area contributed by atoms with Gasteiger partial charge in [-0.3, -0.25) is 9.59 Å². The Morgan fingerprint density at radius 1 is 0.563 bits per heavy atom. The lowest BCUT2D eigenvalue weighted by Crippen LogP contribution is -2.61. The highest BCUT2D eigenvalue weighted by atomic mass is 16.7. The standard InChI is InChI=1S/C60H103NO10/c1-4-7-10-13-16-19-22-24-26-28-29-32-35-38-41-44-47-53(64)59(68)61-51(52(63)46-43-40-37-34-31-21-18-15-12-9-6-3)50-69-60-58(57(67)56(66)54(49-62)70-60)71-55(65)48-45-42-39-36-33-30-27-25-23-20-17-14-11-8-5-2/h7,10,13,16,19,22,24,26,28-29,32,35,43,46,51-54,56-58,60,62-64,66-67H,4-6,8-9,11-12,14-15,17-18,20-21,23,25,27,30-31,33-34,36-42,44-45,47-50H2,1-3H3,(H,61,68)/b10-7-,16-13+,22-19+,26-24-,29-28+,35-32+,46-43+. The maximum Gasteiger partial charge on any atom is 0.306 e. The van der Waals surface area contributed by atoms with E-state index < -0.39 is 67.4 Å². The number of rotatable bonds is 46. The minimum absolute atomic E-state index is 0.117. The first-order valence-electron chi connectivity index (χ1n) is 28.4. The number of nitrogens with one attached hydrogen (secondary N) is 1. The molecule has 1 fully saturated rings. The Hall–Kier alpha value is -3.16. The van der Waals surface area contributed by atoms with Crippen molar-refractivity contribution in [3.8, 4) is 0 Å². The molecule has 0 aromatic heterocycles. The molecule has 8 atom stereocenters. The smallest absolute Gasteiger partial charge is 0.306 e. The molecule has 6 N–H and O–H groups in total. The minimum Gasteiger partial charge on any atom is -0.454 e. The Labute approximate surface area is 432 Å². The van der Waals surface area contributed by atoms with Gasteiger partial charge in [0.1, 0.15) is 24.4 Å². The molecule has 0 radical (unpaired) electrons. The maximum absolute atomic E-state index is 13.3. The number of esters is 1. The molecule has 0 aliphatic carbocycles. The summed E-state index contributed by atoms with van der Waals surface area (Å²) < 4.78 is 17.5. The van der Waals surface area contributed by atoms with Crippen LogP contribution in [0.15, 0.2) is 85.1 Å². The van der Waals surface area contributed by atoms with Crippen molar-refractivity contribution in [1.82, 2.24) is 5.32 Å². The Kier molecular flexibility index (Phi) is 44.4. The van der Waals surface area contributed by atoms with Crippen LogP contribution >= 0.6 is 0 Å². The molecule has 1 heterocycles. The third kappa shape index (κ3) is 36.4. The summed E-state index contributed by atoms with van der Waals surface area (Å²) in [5, 5.41) is 56.7. The summed E-state index contributed by atoms with van der Waals surface area (Å²) in [6, 6.07) is -1.05. The summed E-state index contributed by atoms with van der Waals surface area (Å²) in [5.74, 6) is -1.24. The zero-order valence-corrected chi connectivity index (χ0v) is 44.8. The van der Waals surface area contributed by atoms with Crippen molar-refractivity contribution in [2.45, 2.75) is 269 Å². The first kappa shape index (κ1) is 65.9. The number of carbonyl (C=O) groups is 2. The van der Waals surface area contributed by atoms with Crippen molar-refractivity contribution < 1.29 is 49.3 Å². The number of aliphatic hydroxyl groups is 5. The number of unbranched alkanes of at least 4 members (excludes halogenated alkanes) is 25. The molecule has 0 bridgehead atoms. The van der Waals surface area contributed by atoms with Gasteiger partial charge in [-0.25, -0.2) is 0 Å². The fraction of sp³-hybridized carbons (Fsp3) is 0.733. The fourth-order valence-corrected chi connectivity index (χ4v) is 8.45. The molecule has 8 unspecified atom stereocenters. The quantitative estimate of drug-likeness (QED) is 0.0149. The van der Waals surface area contributed by atoms with Crippen LogP contribution in [0.25, 0.3) is 0 Å². The third-order valence-electron chi connectivity index (χ3n) is 13.0. The molecule has 1 amide bonds. The number of allylic oxidation sites excluding steroid dienone is 13. The van der Waals surface area contributed by atoms with Gasteiger partial charge in [-0.2, -0.15) is 0 Å². The van der Waals surface area contributed by atoms with Gasteiger partial charge in [0.2, 0.25) is 5.91 Å². The molecule has 0 aromatic rings. The predicted octanol–water partition coefficient (Wildman–Crippen LogP) is 12.6. The number of hydrogen-bond acceptors (Lipinski definition) is 10. The second-order valence-corrected chi connectivity index (χ2v) is 19.4. The van der Waals surface area contributed by atoms with E-state index in [-0.39, 0.29) is 19.4 Å². The summed E-state index contributed by atoms with van der Waals surface area (Å²) in [5.41, 5.74) is 0. The minimum atomic E-state index is -1.62. The molecule has 71 heavy (non-hydrogen) atoms. The zero-order chi connectivity index (χ0) is 51.8. The van der Waals surface area contributed by atoms with Crippen molar-refractivity contribution in [3.63, 3.8) is 0 Å². The molecule has 11 nitrogen and oxygen atoms in total. The third-order valence-corrected chi connectivity index (χ3v) is 13.0. The SMILES string of the molecule is CC\C=C/C=C/C=C/C=C\C=C\C=C\CCCCC(O)C(=O)NC(COC1OC(CO)C(O)C(O)C1OC(=O)CCCCCCCCCCCCCCCCC)C(O)/C=C/CCCCCCCCCCC. The van der Waals surface area contributed by atoms with Crippen molar-refractivity contribution in [1.29, 1.82) is 0 Å². The highest BCUT2D eigenvalue weighted by Gasteiger charge is 2.47. The van der Waals surface area contributed by atoms with Gasteiger partial charge in [0.05, 0.1) is 25.4 Å². The van der Waals surface area contributed by atoms with Crippen molar-refractivity contribution >= 4 is 11.9 Å². The number of carbonyl (C=O) groups excluding carboxylic acids is 2. The number of amides is 1. The van der Waals surface area contributed by atoms with Crippen molar-refractivity contribution in [3.05, 3.63) is 85.1 Å². The molecule has 1 saturated heterocycles. The van der Waals surface area contributed by atoms with E-state index in [9.17, 15) is 35.1 Å². The molecule has 11 heteroatoms. The van der Waals surface area contributed by atoms with Crippen LogP contribution in [-0.4, -0.2) is 99.6 Å². The average Bonchev–Trinajstić information content (AvgIpc) is 3.37. The Morgan fingerprint density at radius 2 is 1.01 bits per heavy atom. The van der Waals surface area contributed by atoms with Crippen LogP contribution in [0.3, 0.4) is 0 Å². The van der Waals surface area contributed by atoms with E-state index in [4.69, 9.17) is 14.2 Å². The Balaban J connectivity index is 2.77. The van der Waals surface area contributed by atoms with E-state index in [1.165, 1.54) is 109 Å². The fourth-order valence-electron chi connectivity index (χ4n) is 8.45. The van der Waals surface area contributed by atoms with Crippen molar-refractivity contribution in [2.75, 3.05) is 13.2 Å². The predicted molar refractivity (Wildman–Crippen MR) is 292 cm³/mol. The van der Waals surface area contributed by atoms with Gasteiger partial charge >= 0.3 is 5.97 Å². The molecule has 0 spiro atoms. The zero-order valence-electron chi connectivity index (χ0n) is 44.8. The lowest BCUT2D eigenvalue weighted by molar-refractivity contribution is -0.305. The van der Waals surface area contributed by atoms with Crippen LogP contribution in [0.1, 0.15) is 220 Å². The van der Waals surface area contributed by atoms with Crippen LogP contribution < -0.4 is 5.32 Å². The van der Waals surface area contributed by atoms with Gasteiger partial charge in [-0.15, -0.1) is 0 Å². The summed E-state index contributed by atoms with van der Waals surface area (Å²) in [7, 11) is 0. The Morgan fingerprint density at radius 3 is 1.52 bits per heavy atom. The van der Waals surface area contributed by atoms with E-state index in [2.05, 4.69) is 32.2 Å². The second-order valence-electron chi connectivity index (χ2n) is 19.4. The van der Waals surface area contributed by atoms with Crippen LogP contribution in [0.2, 0.25) is 0 Å². The van der Waals surface area contributed by atoms with Crippen LogP contribution in [0.4, 0.5) is 0 Å². The molecule has 1 aliphatic heterocycles. The normalized spacial score (nSPS) is 20.3. The van der Waals surface area contributed by atoms with Crippen LogP contribution in [0, 0.1) is 0 Å². The van der Waals surface area contributed by atoms with Gasteiger partial charge < -0.3 is 45.1 Å². The molecule has 1 aliphatic rings. The van der Waals surface area contributed by atoms with E-state index in [1.54, 1.807) is 6.08 Å². The van der Waals surface area contributed by atoms with Gasteiger partial charge in [0, 0.05) is 6.42 Å². The van der Waals surface area contributed by atoms with E-state index in [1.807, 2.05) is 72.9 Å². The van der Waals surface area contributed by atoms with Crippen LogP contribution in [-0.2, 0) is 23.8 Å². The van der Waals surface area contributed by atoms with Crippen molar-refractivity contribution in [2.24, 2.45) is 0 Å². The molecular formula is C60H103NO10. The first-order chi connectivity index (χ1) is 34.7. The van der Waals surface area contributed by atoms with Gasteiger partial charge in [0.25, 0.3) is 0 Å². The van der Waals surface area contributed by atoms with E-state index in [0.29, 0.717) is 12.8 Å². The molecular weight excluding hydrogens is 895 g/mol. The number of hydrogen-bond donors (Lipinski definition) is 6. The number of aliphatic hydroxyl groups excluding tert-OH is 5. The summed E-state index contributed by atoms with van der Waals surface area (Å²) in [6.07, 6.45) is 50.5. The van der Waals surface area contributed by atoms with Gasteiger partial charge in [-0.05, 0) is 44.9 Å². The van der Waals surface area contributed by atoms with Gasteiger partial charge in [-0.1, -0.05) is 254 Å². The molecule has 0 saturated carbocycles. The van der Waals surface area contributed by atoms with Gasteiger partial charge in [0.15, 0.2) is 12.4 Å². The monoisotopic (exact) mass is 998 g/mol. The summed E-state index contributed by atoms with van der Waals surface area (Å²) >= 11 is 0. The van der Waals surface area contributed by atoms with E-state index in [0.717, 1.165) is 64.2 Å². The number of ether oxygens (including phenoxy) is 3. The lowest BCUT2D eigenvalue weighted by atomic mass is 9.99. The lowest BCUT2D eigenvalue weighted by Gasteiger charge is -2.41. The summed E-state index contributed by atoms with van der Waals surface area (Å²) in [4.78, 5) is 26.4. The summed E-state index contributed by atoms with van der Waals surface area (Å²) in [6.45, 7) is 5.59.